The number of ether oxygens (including phenoxy) is 1. The first-order valence-electron chi connectivity index (χ1n) is 2.83. The highest BCUT2D eigenvalue weighted by Crippen LogP contribution is 1.99. The zero-order valence-corrected chi connectivity index (χ0v) is 6.36. The van der Waals surface area contributed by atoms with E-state index in [1.165, 1.54) is 0 Å². The van der Waals surface area contributed by atoms with Crippen LogP contribution >= 0.6 is 11.6 Å². The standard InChI is InChI=1S/C6H10ClNO2/c1-5(2-3-8)6(9)10-4-7/h1-4,8H2. The van der Waals surface area contributed by atoms with Crippen molar-refractivity contribution in [1.29, 1.82) is 0 Å². The molecule has 0 aromatic heterocycles. The van der Waals surface area contributed by atoms with Gasteiger partial charge in [0, 0.05) is 5.57 Å². The number of alkyl halides is 1. The van der Waals surface area contributed by atoms with Crippen molar-refractivity contribution in [3.63, 3.8) is 0 Å². The molecule has 3 nitrogen and oxygen atoms in total. The van der Waals surface area contributed by atoms with E-state index < -0.39 is 5.97 Å². The lowest BCUT2D eigenvalue weighted by Crippen LogP contribution is -2.10. The molecule has 0 aliphatic heterocycles. The molecule has 0 amide bonds. The summed E-state index contributed by atoms with van der Waals surface area (Å²) in [6, 6.07) is -0.136. The lowest BCUT2D eigenvalue weighted by molar-refractivity contribution is -0.137. The van der Waals surface area contributed by atoms with Crippen LogP contribution in [0, 0.1) is 0 Å². The molecular formula is C6H10ClNO2. The van der Waals surface area contributed by atoms with Crippen LogP contribution in [0.1, 0.15) is 6.42 Å². The fourth-order valence-corrected chi connectivity index (χ4v) is 0.527. The van der Waals surface area contributed by atoms with Gasteiger partial charge in [-0.1, -0.05) is 18.2 Å². The Morgan fingerprint density at radius 2 is 2.30 bits per heavy atom. The number of carbonyl (C=O) groups excluding carboxylic acids is 1. The van der Waals surface area contributed by atoms with Crippen LogP contribution in [-0.4, -0.2) is 18.6 Å². The third-order valence-corrected chi connectivity index (χ3v) is 1.03. The highest BCUT2D eigenvalue weighted by Gasteiger charge is 2.05. The summed E-state index contributed by atoms with van der Waals surface area (Å²) in [6.07, 6.45) is 0.454. The van der Waals surface area contributed by atoms with Crippen molar-refractivity contribution in [3.05, 3.63) is 12.2 Å². The monoisotopic (exact) mass is 163 g/mol. The average Bonchev–Trinajstić information content (AvgIpc) is 1.89. The Kier molecular flexibility index (Phi) is 4.98. The first kappa shape index (κ1) is 9.46. The van der Waals surface area contributed by atoms with Gasteiger partial charge in [0.1, 0.15) is 0 Å². The Morgan fingerprint density at radius 1 is 1.70 bits per heavy atom. The van der Waals surface area contributed by atoms with Crippen LogP contribution in [0.2, 0.25) is 0 Å². The molecule has 58 valence electrons. The largest absolute Gasteiger partial charge is 0.446 e. The molecule has 0 saturated heterocycles. The van der Waals surface area contributed by atoms with E-state index in [0.717, 1.165) is 0 Å². The molecule has 0 atom stereocenters. The molecular weight excluding hydrogens is 154 g/mol. The summed E-state index contributed by atoms with van der Waals surface area (Å²) >= 11 is 5.13. The maximum Gasteiger partial charge on any atom is 0.334 e. The molecule has 0 radical (unpaired) electrons. The van der Waals surface area contributed by atoms with Crippen LogP contribution in [-0.2, 0) is 9.53 Å². The molecule has 0 aliphatic carbocycles. The van der Waals surface area contributed by atoms with E-state index in [2.05, 4.69) is 11.3 Å². The molecule has 0 fully saturated rings. The number of nitrogens with two attached hydrogens (primary N) is 1. The molecule has 0 aromatic carbocycles. The van der Waals surface area contributed by atoms with Gasteiger partial charge in [-0.3, -0.25) is 0 Å². The lowest BCUT2D eigenvalue weighted by Gasteiger charge is -2.00. The summed E-state index contributed by atoms with van der Waals surface area (Å²) in [5.41, 5.74) is 5.53. The summed E-state index contributed by atoms with van der Waals surface area (Å²) in [5.74, 6) is -0.472. The van der Waals surface area contributed by atoms with Crippen LogP contribution in [0.25, 0.3) is 0 Å². The fraction of sp³-hybridized carbons (Fsp3) is 0.500. The Bertz CT molecular complexity index is 120. The number of hydrogen-bond donors (Lipinski definition) is 1. The summed E-state index contributed by atoms with van der Waals surface area (Å²) in [6.45, 7) is 3.85. The lowest BCUT2D eigenvalue weighted by atomic mass is 10.2. The van der Waals surface area contributed by atoms with Crippen LogP contribution in [0.4, 0.5) is 0 Å². The van der Waals surface area contributed by atoms with E-state index in [0.29, 0.717) is 18.5 Å². The van der Waals surface area contributed by atoms with Crippen molar-refractivity contribution in [3.8, 4) is 0 Å². The van der Waals surface area contributed by atoms with Crippen molar-refractivity contribution in [2.45, 2.75) is 6.42 Å². The molecule has 0 rings (SSSR count). The first-order valence-corrected chi connectivity index (χ1v) is 3.36. The van der Waals surface area contributed by atoms with Gasteiger partial charge >= 0.3 is 5.97 Å². The van der Waals surface area contributed by atoms with E-state index in [-0.39, 0.29) is 6.07 Å². The zero-order valence-electron chi connectivity index (χ0n) is 5.60. The molecule has 4 heteroatoms. The number of esters is 1. The minimum Gasteiger partial charge on any atom is -0.446 e. The topological polar surface area (TPSA) is 52.3 Å². The van der Waals surface area contributed by atoms with Crippen molar-refractivity contribution >= 4 is 17.6 Å². The average molecular weight is 164 g/mol. The number of hydrogen-bond acceptors (Lipinski definition) is 3. The molecule has 0 unspecified atom stereocenters. The van der Waals surface area contributed by atoms with E-state index >= 15 is 0 Å². The van der Waals surface area contributed by atoms with E-state index in [4.69, 9.17) is 17.3 Å². The minimum absolute atomic E-state index is 0.136. The normalized spacial score (nSPS) is 9.00. The smallest absolute Gasteiger partial charge is 0.334 e. The number of carbonyl (C=O) groups is 1. The maximum absolute atomic E-state index is 10.7. The van der Waals surface area contributed by atoms with E-state index in [9.17, 15) is 4.79 Å². The third kappa shape index (κ3) is 3.48. The summed E-state index contributed by atoms with van der Waals surface area (Å²) in [4.78, 5) is 10.7. The molecule has 0 aromatic rings. The molecule has 0 aliphatic rings. The Morgan fingerprint density at radius 3 is 2.70 bits per heavy atom. The predicted octanol–water partition coefficient (Wildman–Crippen LogP) is 0.631. The Hall–Kier alpha value is -0.540. The van der Waals surface area contributed by atoms with Gasteiger partial charge in [0.25, 0.3) is 0 Å². The van der Waals surface area contributed by atoms with Gasteiger partial charge in [-0.15, -0.1) is 0 Å². The number of rotatable bonds is 4. The molecule has 0 heterocycles. The number of halogens is 1. The third-order valence-electron chi connectivity index (χ3n) is 0.920. The van der Waals surface area contributed by atoms with Gasteiger partial charge in [-0.2, -0.15) is 0 Å². The summed E-state index contributed by atoms with van der Waals surface area (Å²) in [7, 11) is 0. The van der Waals surface area contributed by atoms with Crippen molar-refractivity contribution in [2.24, 2.45) is 5.73 Å². The van der Waals surface area contributed by atoms with Gasteiger partial charge in [0.2, 0.25) is 0 Å². The van der Waals surface area contributed by atoms with Crippen molar-refractivity contribution in [2.75, 3.05) is 12.6 Å². The molecule has 0 bridgehead atoms. The Balaban J connectivity index is 3.60. The first-order chi connectivity index (χ1) is 4.72. The van der Waals surface area contributed by atoms with Crippen molar-refractivity contribution in [1.82, 2.24) is 0 Å². The van der Waals surface area contributed by atoms with Crippen molar-refractivity contribution < 1.29 is 9.53 Å². The quantitative estimate of drug-likeness (QED) is 0.376. The molecule has 10 heavy (non-hydrogen) atoms. The SMILES string of the molecule is C=C(CCN)C(=O)OCCl. The summed E-state index contributed by atoms with van der Waals surface area (Å²) < 4.78 is 4.43. The highest BCUT2D eigenvalue weighted by atomic mass is 35.5. The van der Waals surface area contributed by atoms with E-state index in [1.54, 1.807) is 0 Å². The second-order valence-corrected chi connectivity index (χ2v) is 1.90. The van der Waals surface area contributed by atoms with E-state index in [1.807, 2.05) is 0 Å². The van der Waals surface area contributed by atoms with Gasteiger partial charge in [0.15, 0.2) is 6.07 Å². The van der Waals surface area contributed by atoms with Gasteiger partial charge in [0.05, 0.1) is 0 Å². The molecule has 2 N–H and O–H groups in total. The minimum atomic E-state index is -0.472. The van der Waals surface area contributed by atoms with Crippen LogP contribution < -0.4 is 5.73 Å². The fourth-order valence-electron chi connectivity index (χ4n) is 0.428. The zero-order chi connectivity index (χ0) is 7.98. The van der Waals surface area contributed by atoms with Crippen LogP contribution in [0.15, 0.2) is 12.2 Å². The van der Waals surface area contributed by atoms with Crippen LogP contribution in [0.5, 0.6) is 0 Å². The van der Waals surface area contributed by atoms with Gasteiger partial charge < -0.3 is 10.5 Å². The molecule has 0 saturated carbocycles. The second kappa shape index (κ2) is 5.26. The second-order valence-electron chi connectivity index (χ2n) is 1.68. The van der Waals surface area contributed by atoms with Crippen LogP contribution in [0.3, 0.4) is 0 Å². The maximum atomic E-state index is 10.7. The Labute approximate surface area is 64.8 Å². The molecule has 0 spiro atoms. The van der Waals surface area contributed by atoms with Gasteiger partial charge in [-0.05, 0) is 13.0 Å². The predicted molar refractivity (Wildman–Crippen MR) is 39.6 cm³/mol. The van der Waals surface area contributed by atoms with Gasteiger partial charge in [-0.25, -0.2) is 4.79 Å². The highest BCUT2D eigenvalue weighted by molar-refractivity contribution is 6.17. The summed E-state index contributed by atoms with van der Waals surface area (Å²) in [5, 5.41) is 0.